The van der Waals surface area contributed by atoms with Crippen molar-refractivity contribution in [2.45, 2.75) is 155 Å². The highest BCUT2D eigenvalue weighted by molar-refractivity contribution is 5.68. The van der Waals surface area contributed by atoms with Gasteiger partial charge in [0, 0.05) is 39.3 Å². The van der Waals surface area contributed by atoms with Gasteiger partial charge in [-0.25, -0.2) is 0 Å². The van der Waals surface area contributed by atoms with E-state index in [1.54, 1.807) is 0 Å². The van der Waals surface area contributed by atoms with Crippen molar-refractivity contribution in [3.8, 4) is 5.75 Å². The van der Waals surface area contributed by atoms with Gasteiger partial charge in [-0.1, -0.05) is 84.0 Å². The van der Waals surface area contributed by atoms with Gasteiger partial charge in [0.1, 0.15) is 18.5 Å². The number of nitrogens with zero attached hydrogens (tertiary/aromatic N) is 1. The van der Waals surface area contributed by atoms with Crippen molar-refractivity contribution in [2.75, 3.05) is 6.61 Å². The molecular formula is C35H53NO12. The summed E-state index contributed by atoms with van der Waals surface area (Å²) in [6.07, 6.45) is 9.12. The van der Waals surface area contributed by atoms with Crippen LogP contribution in [0, 0.1) is 10.1 Å². The van der Waals surface area contributed by atoms with Crippen molar-refractivity contribution >= 4 is 29.6 Å². The third-order valence-corrected chi connectivity index (χ3v) is 8.00. The third-order valence-electron chi connectivity index (χ3n) is 8.00. The van der Waals surface area contributed by atoms with E-state index in [-0.39, 0.29) is 11.4 Å². The summed E-state index contributed by atoms with van der Waals surface area (Å²) in [4.78, 5) is 59.1. The van der Waals surface area contributed by atoms with E-state index < -0.39 is 66.1 Å². The molecule has 1 aromatic rings. The smallest absolute Gasteiger partial charge is 0.303 e. The first kappa shape index (κ1) is 40.4. The molecule has 1 fully saturated rings. The number of hydrogen-bond donors (Lipinski definition) is 0. The number of nitro groups is 1. The lowest BCUT2D eigenvalue weighted by molar-refractivity contribution is -0.385. The Hall–Kier alpha value is -3.74. The van der Waals surface area contributed by atoms with E-state index in [1.807, 2.05) is 0 Å². The van der Waals surface area contributed by atoms with Crippen LogP contribution in [0.15, 0.2) is 18.2 Å². The van der Waals surface area contributed by atoms with Crippen LogP contribution in [0.5, 0.6) is 5.75 Å². The molecule has 0 aromatic heterocycles. The van der Waals surface area contributed by atoms with E-state index in [9.17, 15) is 29.3 Å². The van der Waals surface area contributed by atoms with Crippen LogP contribution >= 0.6 is 0 Å². The SMILES string of the molecule is CCCCCCCCCCCCCCCc1cc(O[C@H]2O[C@@H](COC(C)=O)[C@@H](OC(C)=O)[C@@H](OC(C)=O)[C@H]2OC(C)=O)ccc1[N+](=O)[O-]. The fourth-order valence-electron chi connectivity index (χ4n) is 5.76. The van der Waals surface area contributed by atoms with E-state index in [2.05, 4.69) is 6.92 Å². The lowest BCUT2D eigenvalue weighted by Gasteiger charge is -2.43. The van der Waals surface area contributed by atoms with Crippen LogP contribution in [-0.4, -0.2) is 66.1 Å². The summed E-state index contributed by atoms with van der Waals surface area (Å²) >= 11 is 0. The van der Waals surface area contributed by atoms with Crippen molar-refractivity contribution in [3.05, 3.63) is 33.9 Å². The first-order valence-corrected chi connectivity index (χ1v) is 17.2. The molecule has 5 atom stereocenters. The molecule has 1 heterocycles. The first-order chi connectivity index (χ1) is 22.9. The number of carbonyl (C=O) groups excluding carboxylic acids is 4. The second-order valence-corrected chi connectivity index (χ2v) is 12.2. The van der Waals surface area contributed by atoms with Crippen molar-refractivity contribution in [1.29, 1.82) is 0 Å². The molecule has 1 aromatic carbocycles. The third kappa shape index (κ3) is 15.0. The van der Waals surface area contributed by atoms with Crippen LogP contribution in [0.1, 0.15) is 124 Å². The molecule has 0 bridgehead atoms. The minimum Gasteiger partial charge on any atom is -0.463 e. The molecule has 0 amide bonds. The second-order valence-electron chi connectivity index (χ2n) is 12.2. The summed E-state index contributed by atoms with van der Waals surface area (Å²) < 4.78 is 33.4. The molecule has 13 nitrogen and oxygen atoms in total. The van der Waals surface area contributed by atoms with E-state index in [4.69, 9.17) is 28.4 Å². The topological polar surface area (TPSA) is 167 Å². The zero-order chi connectivity index (χ0) is 35.5. The molecule has 270 valence electrons. The number of carbonyl (C=O) groups is 4. The van der Waals surface area contributed by atoms with Crippen LogP contribution in [0.4, 0.5) is 5.69 Å². The molecule has 1 saturated heterocycles. The van der Waals surface area contributed by atoms with Crippen LogP contribution in [0.3, 0.4) is 0 Å². The van der Waals surface area contributed by atoms with Gasteiger partial charge < -0.3 is 28.4 Å². The molecule has 1 aliphatic heterocycles. The molecule has 13 heteroatoms. The molecule has 0 saturated carbocycles. The van der Waals surface area contributed by atoms with Crippen LogP contribution in [0.25, 0.3) is 0 Å². The number of ether oxygens (including phenoxy) is 6. The Labute approximate surface area is 283 Å². The fraction of sp³-hybridized carbons (Fsp3) is 0.714. The standard InChI is InChI=1S/C35H53NO12/c1-6-7-8-9-10-11-12-13-14-15-16-17-18-19-28-22-29(20-21-30(28)36(41)42)47-35-34(46-27(5)40)33(45-26(4)39)32(44-25(3)38)31(48-35)23-43-24(2)37/h20-22,31-35H,6-19,23H2,1-5H3/t31-,32+,33+,34+,35-/m0/s1. The highest BCUT2D eigenvalue weighted by Crippen LogP contribution is 2.33. The molecule has 48 heavy (non-hydrogen) atoms. The zero-order valence-electron chi connectivity index (χ0n) is 29.1. The summed E-state index contributed by atoms with van der Waals surface area (Å²) in [5, 5.41) is 11.8. The summed E-state index contributed by atoms with van der Waals surface area (Å²) in [5.41, 5.74) is 0.411. The van der Waals surface area contributed by atoms with Crippen molar-refractivity contribution in [1.82, 2.24) is 0 Å². The zero-order valence-corrected chi connectivity index (χ0v) is 29.1. The van der Waals surface area contributed by atoms with Gasteiger partial charge in [-0.15, -0.1) is 0 Å². The van der Waals surface area contributed by atoms with Gasteiger partial charge in [0.15, 0.2) is 12.2 Å². The molecular weight excluding hydrogens is 626 g/mol. The van der Waals surface area contributed by atoms with E-state index in [0.29, 0.717) is 12.0 Å². The predicted octanol–water partition coefficient (Wildman–Crippen LogP) is 6.69. The lowest BCUT2D eigenvalue weighted by Crippen LogP contribution is -2.63. The Kier molecular flexibility index (Phi) is 18.5. The maximum Gasteiger partial charge on any atom is 0.303 e. The van der Waals surface area contributed by atoms with Gasteiger partial charge in [0.25, 0.3) is 5.69 Å². The Bertz CT molecular complexity index is 1190. The maximum absolute atomic E-state index is 12.1. The molecule has 0 radical (unpaired) electrons. The first-order valence-electron chi connectivity index (χ1n) is 17.2. The van der Waals surface area contributed by atoms with E-state index >= 15 is 0 Å². The van der Waals surface area contributed by atoms with Gasteiger partial charge in [0.2, 0.25) is 12.4 Å². The van der Waals surface area contributed by atoms with Gasteiger partial charge in [-0.05, 0) is 25.0 Å². The number of aryl methyl sites for hydroxylation is 1. The van der Waals surface area contributed by atoms with Crippen LogP contribution < -0.4 is 4.74 Å². The van der Waals surface area contributed by atoms with Gasteiger partial charge in [-0.2, -0.15) is 0 Å². The quantitative estimate of drug-likeness (QED) is 0.0419. The number of rotatable bonds is 22. The Morgan fingerprint density at radius 1 is 0.708 bits per heavy atom. The molecule has 0 aliphatic carbocycles. The van der Waals surface area contributed by atoms with Crippen molar-refractivity contribution < 1.29 is 52.5 Å². The van der Waals surface area contributed by atoms with Gasteiger partial charge in [0.05, 0.1) is 4.92 Å². The van der Waals surface area contributed by atoms with Crippen LogP contribution in [0.2, 0.25) is 0 Å². The molecule has 1 aliphatic rings. The molecule has 2 rings (SSSR count). The van der Waals surface area contributed by atoms with Gasteiger partial charge in [-0.3, -0.25) is 29.3 Å². The Morgan fingerprint density at radius 3 is 1.71 bits per heavy atom. The highest BCUT2D eigenvalue weighted by atomic mass is 16.7. The summed E-state index contributed by atoms with van der Waals surface area (Å²) in [6.45, 7) is 6.39. The monoisotopic (exact) mass is 679 g/mol. The number of nitro benzene ring substituents is 1. The lowest BCUT2D eigenvalue weighted by atomic mass is 9.98. The highest BCUT2D eigenvalue weighted by Gasteiger charge is 2.53. The molecule has 0 unspecified atom stereocenters. The van der Waals surface area contributed by atoms with Crippen LogP contribution in [-0.2, 0) is 49.3 Å². The summed E-state index contributed by atoms with van der Waals surface area (Å²) in [6, 6.07) is 4.25. The average molecular weight is 680 g/mol. The molecule has 0 N–H and O–H groups in total. The fourth-order valence-corrected chi connectivity index (χ4v) is 5.76. The number of hydrogen-bond acceptors (Lipinski definition) is 12. The summed E-state index contributed by atoms with van der Waals surface area (Å²) in [5.74, 6) is -2.75. The van der Waals surface area contributed by atoms with Crippen molar-refractivity contribution in [3.63, 3.8) is 0 Å². The van der Waals surface area contributed by atoms with E-state index in [0.717, 1.165) is 46.5 Å². The Morgan fingerprint density at radius 2 is 1.21 bits per heavy atom. The maximum atomic E-state index is 12.1. The Balaban J connectivity index is 2.12. The van der Waals surface area contributed by atoms with Gasteiger partial charge >= 0.3 is 23.9 Å². The van der Waals surface area contributed by atoms with Crippen molar-refractivity contribution in [2.24, 2.45) is 0 Å². The number of esters is 4. The minimum absolute atomic E-state index is 0.0529. The number of benzene rings is 1. The second kappa shape index (κ2) is 22.0. The van der Waals surface area contributed by atoms with E-state index in [1.165, 1.54) is 82.9 Å². The molecule has 0 spiro atoms. The number of unbranched alkanes of at least 4 members (excludes halogenated alkanes) is 12. The average Bonchev–Trinajstić information content (AvgIpc) is 3.00. The predicted molar refractivity (Wildman–Crippen MR) is 175 cm³/mol. The largest absolute Gasteiger partial charge is 0.463 e. The minimum atomic E-state index is -1.43. The summed E-state index contributed by atoms with van der Waals surface area (Å²) in [7, 11) is 0. The normalized spacial score (nSPS) is 20.4.